The maximum Gasteiger partial charge on any atom is 0.306 e. The topological polar surface area (TPSA) is 78.9 Å². The predicted molar refractivity (Wildman–Crippen MR) is 316 cm³/mol. The Morgan fingerprint density at radius 3 is 0.685 bits per heavy atom. The average molecular weight is 1030 g/mol. The molecule has 0 spiro atoms. The van der Waals surface area contributed by atoms with Crippen LogP contribution < -0.4 is 0 Å². The van der Waals surface area contributed by atoms with Crippen LogP contribution in [0.25, 0.3) is 0 Å². The van der Waals surface area contributed by atoms with Gasteiger partial charge < -0.3 is 14.2 Å². The first-order chi connectivity index (χ1) is 36.0. The van der Waals surface area contributed by atoms with Crippen molar-refractivity contribution in [2.24, 2.45) is 0 Å². The summed E-state index contributed by atoms with van der Waals surface area (Å²) in [4.78, 5) is 38.3. The molecule has 0 fully saturated rings. The Balaban J connectivity index is 4.28. The molecule has 0 saturated heterocycles. The van der Waals surface area contributed by atoms with E-state index in [0.29, 0.717) is 19.3 Å². The third-order valence-corrected chi connectivity index (χ3v) is 14.9. The van der Waals surface area contributed by atoms with Crippen LogP contribution in [-0.4, -0.2) is 37.2 Å². The molecular weight excluding hydrogens is 901 g/mol. The van der Waals surface area contributed by atoms with Gasteiger partial charge in [-0.05, 0) is 70.6 Å². The highest BCUT2D eigenvalue weighted by Crippen LogP contribution is 2.18. The molecule has 1 atom stereocenters. The summed E-state index contributed by atoms with van der Waals surface area (Å²) in [5.41, 5.74) is 0. The zero-order valence-electron chi connectivity index (χ0n) is 49.4. The number of hydrogen-bond acceptors (Lipinski definition) is 6. The van der Waals surface area contributed by atoms with Crippen molar-refractivity contribution in [2.45, 2.75) is 374 Å². The molecule has 0 aliphatic carbocycles. The third kappa shape index (κ3) is 60.6. The van der Waals surface area contributed by atoms with Gasteiger partial charge in [0.1, 0.15) is 13.2 Å². The fraction of sp³-hybridized carbons (Fsp3) is 0.896. The lowest BCUT2D eigenvalue weighted by molar-refractivity contribution is -0.167. The molecule has 1 unspecified atom stereocenters. The van der Waals surface area contributed by atoms with Crippen LogP contribution in [0.3, 0.4) is 0 Å². The van der Waals surface area contributed by atoms with Crippen LogP contribution in [0.5, 0.6) is 0 Å². The van der Waals surface area contributed by atoms with E-state index in [9.17, 15) is 14.4 Å². The predicted octanol–water partition coefficient (Wildman–Crippen LogP) is 22.2. The zero-order chi connectivity index (χ0) is 52.9. The van der Waals surface area contributed by atoms with Crippen molar-refractivity contribution >= 4 is 17.9 Å². The van der Waals surface area contributed by atoms with Crippen molar-refractivity contribution in [3.05, 3.63) is 24.3 Å². The Bertz CT molecular complexity index is 1180. The summed E-state index contributed by atoms with van der Waals surface area (Å²) in [5.74, 6) is -0.853. The number of carbonyl (C=O) groups is 3. The highest BCUT2D eigenvalue weighted by atomic mass is 16.6. The van der Waals surface area contributed by atoms with E-state index in [0.717, 1.165) is 64.2 Å². The lowest BCUT2D eigenvalue weighted by atomic mass is 10.0. The fourth-order valence-electron chi connectivity index (χ4n) is 9.97. The molecule has 0 aromatic heterocycles. The van der Waals surface area contributed by atoms with Gasteiger partial charge in [-0.1, -0.05) is 302 Å². The van der Waals surface area contributed by atoms with Crippen LogP contribution in [-0.2, 0) is 28.6 Å². The van der Waals surface area contributed by atoms with Crippen molar-refractivity contribution in [1.29, 1.82) is 0 Å². The summed E-state index contributed by atoms with van der Waals surface area (Å²) < 4.78 is 17.0. The fourth-order valence-corrected chi connectivity index (χ4v) is 9.97. The smallest absolute Gasteiger partial charge is 0.306 e. The molecule has 430 valence electrons. The minimum atomic E-state index is -0.773. The standard InChI is InChI=1S/C67H126O6/c1-4-7-10-13-16-19-22-25-28-30-32-33-34-36-37-39-42-45-48-51-54-57-60-66(69)72-63-64(62-71-65(68)59-56-53-50-47-44-41-27-24-21-18-15-12-9-6-3)73-67(70)61-58-55-52-49-46-43-40-38-35-31-29-26-23-20-17-14-11-8-5-2/h24,26-27,29,64H,4-23,25,28,30-63H2,1-3H3/b27-24-,29-26-. The second-order valence-corrected chi connectivity index (χ2v) is 22.4. The summed E-state index contributed by atoms with van der Waals surface area (Å²) in [5, 5.41) is 0. The van der Waals surface area contributed by atoms with Gasteiger partial charge in [-0.15, -0.1) is 0 Å². The largest absolute Gasteiger partial charge is 0.462 e. The lowest BCUT2D eigenvalue weighted by Crippen LogP contribution is -2.30. The molecule has 0 bridgehead atoms. The van der Waals surface area contributed by atoms with Crippen LogP contribution in [0, 0.1) is 0 Å². The van der Waals surface area contributed by atoms with E-state index in [4.69, 9.17) is 14.2 Å². The van der Waals surface area contributed by atoms with E-state index >= 15 is 0 Å². The third-order valence-electron chi connectivity index (χ3n) is 14.9. The summed E-state index contributed by atoms with van der Waals surface area (Å²) in [6.07, 6.45) is 74.7. The van der Waals surface area contributed by atoms with Crippen molar-refractivity contribution in [3.8, 4) is 0 Å². The van der Waals surface area contributed by atoms with E-state index in [1.807, 2.05) is 0 Å². The number of allylic oxidation sites excluding steroid dienone is 4. The summed E-state index contributed by atoms with van der Waals surface area (Å²) in [6.45, 7) is 6.69. The van der Waals surface area contributed by atoms with Crippen molar-refractivity contribution in [1.82, 2.24) is 0 Å². The molecule has 6 heteroatoms. The first-order valence-electron chi connectivity index (χ1n) is 32.8. The summed E-state index contributed by atoms with van der Waals surface area (Å²) in [6, 6.07) is 0. The molecule has 73 heavy (non-hydrogen) atoms. The Hall–Kier alpha value is -2.11. The van der Waals surface area contributed by atoms with Crippen LogP contribution in [0.1, 0.15) is 367 Å². The zero-order valence-corrected chi connectivity index (χ0v) is 49.4. The molecule has 0 heterocycles. The maximum absolute atomic E-state index is 12.9. The number of esters is 3. The van der Waals surface area contributed by atoms with Gasteiger partial charge >= 0.3 is 17.9 Å². The van der Waals surface area contributed by atoms with Crippen molar-refractivity contribution < 1.29 is 28.6 Å². The highest BCUT2D eigenvalue weighted by molar-refractivity contribution is 5.71. The van der Waals surface area contributed by atoms with Gasteiger partial charge in [-0.25, -0.2) is 0 Å². The number of unbranched alkanes of at least 4 members (excludes halogenated alkanes) is 46. The first kappa shape index (κ1) is 70.9. The number of rotatable bonds is 61. The Morgan fingerprint density at radius 1 is 0.260 bits per heavy atom. The van der Waals surface area contributed by atoms with Crippen molar-refractivity contribution in [2.75, 3.05) is 13.2 Å². The van der Waals surface area contributed by atoms with Crippen molar-refractivity contribution in [3.63, 3.8) is 0 Å². The number of hydrogen-bond donors (Lipinski definition) is 0. The highest BCUT2D eigenvalue weighted by Gasteiger charge is 2.19. The SMILES string of the molecule is CCCCCCC/C=C\CCCCCCCC(=O)OCC(COC(=O)CCCCCCCCCCCCCCCCCCCCCCCC)OC(=O)CCCCCCCCCCC/C=C\CCCCCCCC. The van der Waals surface area contributed by atoms with Gasteiger partial charge in [-0.3, -0.25) is 14.4 Å². The molecule has 0 amide bonds. The van der Waals surface area contributed by atoms with Gasteiger partial charge in [0.15, 0.2) is 6.10 Å². The molecule has 0 radical (unpaired) electrons. The van der Waals surface area contributed by atoms with Crippen LogP contribution >= 0.6 is 0 Å². The molecule has 6 nitrogen and oxygen atoms in total. The Labute approximate surface area is 455 Å². The first-order valence-corrected chi connectivity index (χ1v) is 32.8. The molecule has 0 aromatic carbocycles. The average Bonchev–Trinajstić information content (AvgIpc) is 3.39. The lowest BCUT2D eigenvalue weighted by Gasteiger charge is -2.18. The number of carbonyl (C=O) groups excluding carboxylic acids is 3. The molecule has 0 aliphatic heterocycles. The maximum atomic E-state index is 12.9. The molecule has 0 saturated carbocycles. The molecule has 0 aromatic rings. The van der Waals surface area contributed by atoms with E-state index in [2.05, 4.69) is 45.1 Å². The monoisotopic (exact) mass is 1030 g/mol. The van der Waals surface area contributed by atoms with Gasteiger partial charge in [-0.2, -0.15) is 0 Å². The normalized spacial score (nSPS) is 12.1. The second-order valence-electron chi connectivity index (χ2n) is 22.4. The van der Waals surface area contributed by atoms with E-state index < -0.39 is 6.10 Å². The Morgan fingerprint density at radius 2 is 0.452 bits per heavy atom. The minimum Gasteiger partial charge on any atom is -0.462 e. The molecule has 0 aliphatic rings. The van der Waals surface area contributed by atoms with Crippen LogP contribution in [0.15, 0.2) is 24.3 Å². The quantitative estimate of drug-likeness (QED) is 0.0261. The Kier molecular flexibility index (Phi) is 60.6. The second kappa shape index (κ2) is 62.4. The molecule has 0 N–H and O–H groups in total. The van der Waals surface area contributed by atoms with Crippen LogP contribution in [0.4, 0.5) is 0 Å². The molecule has 0 rings (SSSR count). The minimum absolute atomic E-state index is 0.0695. The van der Waals surface area contributed by atoms with Gasteiger partial charge in [0.05, 0.1) is 0 Å². The summed E-state index contributed by atoms with van der Waals surface area (Å²) >= 11 is 0. The van der Waals surface area contributed by atoms with Crippen LogP contribution in [0.2, 0.25) is 0 Å². The van der Waals surface area contributed by atoms with E-state index in [1.54, 1.807) is 0 Å². The van der Waals surface area contributed by atoms with Gasteiger partial charge in [0, 0.05) is 19.3 Å². The van der Waals surface area contributed by atoms with Gasteiger partial charge in [0.2, 0.25) is 0 Å². The van der Waals surface area contributed by atoms with E-state index in [1.165, 1.54) is 263 Å². The summed E-state index contributed by atoms with van der Waals surface area (Å²) in [7, 11) is 0. The van der Waals surface area contributed by atoms with E-state index in [-0.39, 0.29) is 31.1 Å². The molecular formula is C67H126O6. The number of ether oxygens (including phenoxy) is 3. The van der Waals surface area contributed by atoms with Gasteiger partial charge in [0.25, 0.3) is 0 Å².